The minimum atomic E-state index is 1.12. The summed E-state index contributed by atoms with van der Waals surface area (Å²) in [6.45, 7) is 4.00. The summed E-state index contributed by atoms with van der Waals surface area (Å²) in [5.41, 5.74) is 2.97. The molecule has 0 unspecified atom stereocenters. The maximum absolute atomic E-state index is 2.25. The maximum atomic E-state index is 2.25. The first-order valence-corrected chi connectivity index (χ1v) is 5.83. The highest BCUT2D eigenvalue weighted by Gasteiger charge is 2.00. The van der Waals surface area contributed by atoms with E-state index in [0.717, 1.165) is 6.42 Å². The van der Waals surface area contributed by atoms with Crippen LogP contribution in [0.1, 0.15) is 32.3 Å². The normalized spacial score (nSPS) is 13.9. The van der Waals surface area contributed by atoms with Gasteiger partial charge in [-0.05, 0) is 24.8 Å². The molecule has 0 fully saturated rings. The summed E-state index contributed by atoms with van der Waals surface area (Å²) in [4.78, 5) is 0. The molecule has 0 aliphatic heterocycles. The lowest BCUT2D eigenvalue weighted by Gasteiger charge is -2.08. The van der Waals surface area contributed by atoms with Gasteiger partial charge < -0.3 is 0 Å². The lowest BCUT2D eigenvalue weighted by molar-refractivity contribution is 0.911. The summed E-state index contributed by atoms with van der Waals surface area (Å²) in [6.07, 6.45) is 10.2. The fourth-order valence-electron chi connectivity index (χ4n) is 1.66. The van der Waals surface area contributed by atoms with E-state index in [1.165, 1.54) is 18.4 Å². The van der Waals surface area contributed by atoms with Crippen molar-refractivity contribution >= 4 is 0 Å². The second kappa shape index (κ2) is 7.05. The van der Waals surface area contributed by atoms with Crippen molar-refractivity contribution in [1.29, 1.82) is 0 Å². The Kier molecular flexibility index (Phi) is 5.54. The number of hydrogen-bond acceptors (Lipinski definition) is 0. The quantitative estimate of drug-likeness (QED) is 0.658. The van der Waals surface area contributed by atoms with Crippen molar-refractivity contribution in [3.63, 3.8) is 0 Å². The molecule has 0 nitrogen and oxygen atoms in total. The van der Waals surface area contributed by atoms with Crippen LogP contribution in [0.3, 0.4) is 0 Å². The van der Waals surface area contributed by atoms with Crippen molar-refractivity contribution in [3.05, 3.63) is 59.7 Å². The Hall–Kier alpha value is -1.30. The molecule has 2 rings (SSSR count). The number of rotatable bonds is 2. The molecule has 0 amide bonds. The van der Waals surface area contributed by atoms with Crippen LogP contribution in [0, 0.1) is 0 Å². The van der Waals surface area contributed by atoms with Crippen LogP contribution < -0.4 is 0 Å². The number of benzene rings is 1. The monoisotopic (exact) mass is 200 g/mol. The Morgan fingerprint density at radius 3 is 2.40 bits per heavy atom. The molecule has 1 aliphatic carbocycles. The third kappa shape index (κ3) is 4.16. The average molecular weight is 200 g/mol. The second-order valence-electron chi connectivity index (χ2n) is 3.45. The number of hydrogen-bond donors (Lipinski definition) is 0. The zero-order valence-corrected chi connectivity index (χ0v) is 9.74. The molecular formula is C15H20. The van der Waals surface area contributed by atoms with Crippen LogP contribution in [0.5, 0.6) is 0 Å². The van der Waals surface area contributed by atoms with Crippen molar-refractivity contribution in [2.75, 3.05) is 0 Å². The van der Waals surface area contributed by atoms with E-state index in [4.69, 9.17) is 0 Å². The summed E-state index contributed by atoms with van der Waals surface area (Å²) in [7, 11) is 0. The fourth-order valence-corrected chi connectivity index (χ4v) is 1.66. The summed E-state index contributed by atoms with van der Waals surface area (Å²) < 4.78 is 0. The van der Waals surface area contributed by atoms with Gasteiger partial charge in [0.1, 0.15) is 0 Å². The standard InChI is InChI=1S/C13H14.C2H6/c1-3-7-12(8-4-1)11-13-9-5-2-6-10-13;1-2/h1-5,7-9H,6,10-11H2;1-2H3. The minimum Gasteiger partial charge on any atom is -0.0842 e. The highest BCUT2D eigenvalue weighted by atomic mass is 14.1. The van der Waals surface area contributed by atoms with Gasteiger partial charge in [0.15, 0.2) is 0 Å². The summed E-state index contributed by atoms with van der Waals surface area (Å²) in [5.74, 6) is 0. The molecule has 0 saturated heterocycles. The van der Waals surface area contributed by atoms with Crippen LogP contribution in [0.25, 0.3) is 0 Å². The highest BCUT2D eigenvalue weighted by Crippen LogP contribution is 2.16. The van der Waals surface area contributed by atoms with Gasteiger partial charge in [-0.2, -0.15) is 0 Å². The molecule has 80 valence electrons. The van der Waals surface area contributed by atoms with E-state index in [2.05, 4.69) is 48.6 Å². The molecule has 0 heteroatoms. The zero-order valence-electron chi connectivity index (χ0n) is 9.74. The van der Waals surface area contributed by atoms with Crippen molar-refractivity contribution in [1.82, 2.24) is 0 Å². The molecule has 0 aromatic heterocycles. The molecule has 1 aromatic carbocycles. The lowest BCUT2D eigenvalue weighted by atomic mass is 9.98. The van der Waals surface area contributed by atoms with E-state index in [0.29, 0.717) is 0 Å². The Labute approximate surface area is 93.3 Å². The first kappa shape index (κ1) is 11.8. The van der Waals surface area contributed by atoms with E-state index in [9.17, 15) is 0 Å². The molecule has 15 heavy (non-hydrogen) atoms. The van der Waals surface area contributed by atoms with Crippen LogP contribution in [-0.2, 0) is 6.42 Å². The van der Waals surface area contributed by atoms with Crippen LogP contribution in [0.4, 0.5) is 0 Å². The molecule has 0 saturated carbocycles. The SMILES string of the molecule is C1=CCCC(Cc2ccccc2)=C1.CC. The maximum Gasteiger partial charge on any atom is -0.00639 e. The zero-order chi connectivity index (χ0) is 10.9. The third-order valence-corrected chi connectivity index (χ3v) is 2.37. The van der Waals surface area contributed by atoms with Gasteiger partial charge >= 0.3 is 0 Å². The van der Waals surface area contributed by atoms with Crippen molar-refractivity contribution in [2.24, 2.45) is 0 Å². The van der Waals surface area contributed by atoms with Gasteiger partial charge in [-0.25, -0.2) is 0 Å². The van der Waals surface area contributed by atoms with Crippen molar-refractivity contribution in [3.8, 4) is 0 Å². The van der Waals surface area contributed by atoms with Crippen LogP contribution in [0.2, 0.25) is 0 Å². The molecule has 0 bridgehead atoms. The van der Waals surface area contributed by atoms with Crippen LogP contribution >= 0.6 is 0 Å². The minimum absolute atomic E-state index is 1.12. The van der Waals surface area contributed by atoms with Gasteiger partial charge in [-0.15, -0.1) is 0 Å². The van der Waals surface area contributed by atoms with Gasteiger partial charge in [0.2, 0.25) is 0 Å². The molecule has 0 N–H and O–H groups in total. The van der Waals surface area contributed by atoms with Crippen LogP contribution in [-0.4, -0.2) is 0 Å². The lowest BCUT2D eigenvalue weighted by Crippen LogP contribution is -1.92. The average Bonchev–Trinajstić information content (AvgIpc) is 2.34. The van der Waals surface area contributed by atoms with E-state index in [1.54, 1.807) is 5.57 Å². The molecule has 1 aromatic rings. The Balaban J connectivity index is 0.000000531. The second-order valence-corrected chi connectivity index (χ2v) is 3.45. The van der Waals surface area contributed by atoms with E-state index in [1.807, 2.05) is 13.8 Å². The smallest absolute Gasteiger partial charge is 0.00639 e. The summed E-state index contributed by atoms with van der Waals surface area (Å²) in [6, 6.07) is 10.7. The molecule has 0 radical (unpaired) electrons. The predicted molar refractivity (Wildman–Crippen MR) is 68.0 cm³/mol. The number of allylic oxidation sites excluding steroid dienone is 4. The molecular weight excluding hydrogens is 180 g/mol. The Morgan fingerprint density at radius 2 is 1.80 bits per heavy atom. The van der Waals surface area contributed by atoms with Gasteiger partial charge in [-0.1, -0.05) is 68.0 Å². The molecule has 0 spiro atoms. The van der Waals surface area contributed by atoms with Gasteiger partial charge in [0.05, 0.1) is 0 Å². The Morgan fingerprint density at radius 1 is 1.07 bits per heavy atom. The fraction of sp³-hybridized carbons (Fsp3) is 0.333. The van der Waals surface area contributed by atoms with E-state index < -0.39 is 0 Å². The van der Waals surface area contributed by atoms with E-state index >= 15 is 0 Å². The van der Waals surface area contributed by atoms with Gasteiger partial charge in [0, 0.05) is 0 Å². The molecule has 1 aliphatic rings. The molecule has 0 atom stereocenters. The summed E-state index contributed by atoms with van der Waals surface area (Å²) >= 11 is 0. The largest absolute Gasteiger partial charge is 0.0842 e. The van der Waals surface area contributed by atoms with Gasteiger partial charge in [0.25, 0.3) is 0 Å². The first-order chi connectivity index (χ1) is 7.45. The Bertz CT molecular complexity index is 317. The third-order valence-electron chi connectivity index (χ3n) is 2.37. The topological polar surface area (TPSA) is 0 Å². The van der Waals surface area contributed by atoms with Crippen molar-refractivity contribution < 1.29 is 0 Å². The van der Waals surface area contributed by atoms with Crippen LogP contribution in [0.15, 0.2) is 54.1 Å². The predicted octanol–water partition coefficient (Wildman–Crippen LogP) is 4.53. The highest BCUT2D eigenvalue weighted by molar-refractivity contribution is 5.26. The summed E-state index contributed by atoms with van der Waals surface area (Å²) in [5, 5.41) is 0. The molecule has 0 heterocycles. The van der Waals surface area contributed by atoms with Crippen molar-refractivity contribution in [2.45, 2.75) is 33.1 Å². The van der Waals surface area contributed by atoms with E-state index in [-0.39, 0.29) is 0 Å². The van der Waals surface area contributed by atoms with Gasteiger partial charge in [-0.3, -0.25) is 0 Å². The first-order valence-electron chi connectivity index (χ1n) is 5.83.